The molecule has 1 spiro atoms. The van der Waals surface area contributed by atoms with E-state index in [9.17, 15) is 9.59 Å². The van der Waals surface area contributed by atoms with E-state index in [2.05, 4.69) is 10.3 Å². The third-order valence-corrected chi connectivity index (χ3v) is 4.90. The van der Waals surface area contributed by atoms with Crippen LogP contribution in [0.5, 0.6) is 0 Å². The monoisotopic (exact) mass is 302 g/mol. The number of amides is 1. The zero-order chi connectivity index (χ0) is 15.6. The Hall–Kier alpha value is -1.91. The number of carbonyl (C=O) groups is 2. The molecule has 1 aromatic heterocycles. The molecule has 1 amide bonds. The van der Waals surface area contributed by atoms with Crippen LogP contribution in [-0.2, 0) is 14.3 Å². The van der Waals surface area contributed by atoms with Gasteiger partial charge in [0.2, 0.25) is 5.91 Å². The predicted octanol–water partition coefficient (Wildman–Crippen LogP) is 2.52. The van der Waals surface area contributed by atoms with E-state index in [-0.39, 0.29) is 30.3 Å². The zero-order valence-corrected chi connectivity index (χ0v) is 12.9. The third kappa shape index (κ3) is 2.85. The Balaban J connectivity index is 1.72. The molecule has 2 atom stereocenters. The summed E-state index contributed by atoms with van der Waals surface area (Å²) in [4.78, 5) is 28.5. The van der Waals surface area contributed by atoms with Crippen LogP contribution in [0.15, 0.2) is 24.5 Å². The Labute approximate surface area is 130 Å². The molecule has 1 saturated heterocycles. The van der Waals surface area contributed by atoms with Crippen molar-refractivity contribution in [1.29, 1.82) is 0 Å². The first kappa shape index (κ1) is 15.0. The zero-order valence-electron chi connectivity index (χ0n) is 12.9. The van der Waals surface area contributed by atoms with Crippen LogP contribution in [0.1, 0.15) is 57.1 Å². The summed E-state index contributed by atoms with van der Waals surface area (Å²) in [5, 5.41) is 3.03. The lowest BCUT2D eigenvalue weighted by Gasteiger charge is -2.36. The van der Waals surface area contributed by atoms with Crippen molar-refractivity contribution >= 4 is 11.9 Å². The van der Waals surface area contributed by atoms with Crippen LogP contribution in [0.25, 0.3) is 0 Å². The molecule has 1 N–H and O–H groups in total. The maximum Gasteiger partial charge on any atom is 0.307 e. The number of nitrogens with zero attached hydrogens (tertiary/aromatic N) is 1. The lowest BCUT2D eigenvalue weighted by molar-refractivity contribution is -0.153. The number of ether oxygens (including phenoxy) is 1. The van der Waals surface area contributed by atoms with Gasteiger partial charge in [0.05, 0.1) is 18.4 Å². The van der Waals surface area contributed by atoms with Crippen LogP contribution in [0.2, 0.25) is 0 Å². The van der Waals surface area contributed by atoms with E-state index >= 15 is 0 Å². The molecule has 0 unspecified atom stereocenters. The fourth-order valence-electron chi connectivity index (χ4n) is 3.67. The summed E-state index contributed by atoms with van der Waals surface area (Å²) < 4.78 is 5.60. The summed E-state index contributed by atoms with van der Waals surface area (Å²) >= 11 is 0. The summed E-state index contributed by atoms with van der Waals surface area (Å²) in [6.45, 7) is 1.94. The minimum atomic E-state index is -0.558. The Morgan fingerprint density at radius 1 is 1.32 bits per heavy atom. The second-order valence-corrected chi connectivity index (χ2v) is 6.37. The number of hydrogen-bond acceptors (Lipinski definition) is 4. The predicted molar refractivity (Wildman–Crippen MR) is 80.8 cm³/mol. The highest BCUT2D eigenvalue weighted by Gasteiger charge is 2.52. The number of esters is 1. The van der Waals surface area contributed by atoms with Gasteiger partial charge in [0.25, 0.3) is 0 Å². The van der Waals surface area contributed by atoms with Crippen molar-refractivity contribution in [2.24, 2.45) is 5.92 Å². The first-order valence-electron chi connectivity index (χ1n) is 8.03. The van der Waals surface area contributed by atoms with Crippen molar-refractivity contribution < 1.29 is 14.3 Å². The van der Waals surface area contributed by atoms with Crippen molar-refractivity contribution in [1.82, 2.24) is 10.3 Å². The number of pyridine rings is 1. The van der Waals surface area contributed by atoms with Crippen molar-refractivity contribution in [2.45, 2.75) is 57.1 Å². The van der Waals surface area contributed by atoms with Crippen LogP contribution in [0.3, 0.4) is 0 Å². The summed E-state index contributed by atoms with van der Waals surface area (Å²) in [6.07, 6.45) is 8.44. The van der Waals surface area contributed by atoms with Gasteiger partial charge in [-0.05, 0) is 50.3 Å². The molecule has 0 radical (unpaired) electrons. The Bertz CT molecular complexity index is 552. The number of carbonyl (C=O) groups excluding carboxylic acids is 2. The van der Waals surface area contributed by atoms with E-state index in [1.807, 2.05) is 19.1 Å². The van der Waals surface area contributed by atoms with Gasteiger partial charge in [0.1, 0.15) is 5.60 Å². The number of aromatic nitrogens is 1. The molecular weight excluding hydrogens is 280 g/mol. The maximum absolute atomic E-state index is 12.7. The topological polar surface area (TPSA) is 68.3 Å². The van der Waals surface area contributed by atoms with E-state index in [0.29, 0.717) is 0 Å². The lowest BCUT2D eigenvalue weighted by Crippen LogP contribution is -2.46. The Morgan fingerprint density at radius 3 is 2.68 bits per heavy atom. The van der Waals surface area contributed by atoms with Crippen LogP contribution >= 0.6 is 0 Å². The van der Waals surface area contributed by atoms with Crippen molar-refractivity contribution in [3.05, 3.63) is 30.1 Å². The Kier molecular flexibility index (Phi) is 4.14. The van der Waals surface area contributed by atoms with Gasteiger partial charge in [-0.2, -0.15) is 0 Å². The van der Waals surface area contributed by atoms with Crippen LogP contribution in [0, 0.1) is 5.92 Å². The van der Waals surface area contributed by atoms with Crippen LogP contribution in [-0.4, -0.2) is 22.5 Å². The average Bonchev–Trinajstić information content (AvgIpc) is 2.84. The molecule has 1 aromatic rings. The van der Waals surface area contributed by atoms with Crippen LogP contribution < -0.4 is 5.32 Å². The number of nitrogens with one attached hydrogen (secondary N) is 1. The number of hydrogen-bond donors (Lipinski definition) is 1. The van der Waals surface area contributed by atoms with E-state index in [4.69, 9.17) is 4.74 Å². The SMILES string of the molecule is C[C@H](NC(=O)[C@H]1CC(=O)OC12CCCCC2)c1ccncc1. The van der Waals surface area contributed by atoms with Gasteiger partial charge in [-0.25, -0.2) is 0 Å². The molecule has 2 aliphatic rings. The molecule has 3 rings (SSSR count). The maximum atomic E-state index is 12.7. The summed E-state index contributed by atoms with van der Waals surface area (Å²) in [5.41, 5.74) is 0.448. The molecule has 2 heterocycles. The van der Waals surface area contributed by atoms with Gasteiger partial charge in [-0.3, -0.25) is 14.6 Å². The molecule has 5 heteroatoms. The first-order valence-corrected chi connectivity index (χ1v) is 8.03. The standard InChI is InChI=1S/C17H22N2O3/c1-12(13-5-9-18-10-6-13)19-16(21)14-11-15(20)22-17(14)7-3-2-4-8-17/h5-6,9-10,12,14H,2-4,7-8,11H2,1H3,(H,19,21)/t12-,14+/m0/s1. The first-order chi connectivity index (χ1) is 10.6. The summed E-state index contributed by atoms with van der Waals surface area (Å²) in [6, 6.07) is 3.67. The molecule has 118 valence electrons. The quantitative estimate of drug-likeness (QED) is 0.871. The van der Waals surface area contributed by atoms with E-state index in [1.165, 1.54) is 0 Å². The largest absolute Gasteiger partial charge is 0.458 e. The van der Waals surface area contributed by atoms with Crippen molar-refractivity contribution in [2.75, 3.05) is 0 Å². The normalized spacial score (nSPS) is 24.8. The highest BCUT2D eigenvalue weighted by molar-refractivity contribution is 5.88. The van der Waals surface area contributed by atoms with E-state index in [1.54, 1.807) is 12.4 Å². The fraction of sp³-hybridized carbons (Fsp3) is 0.588. The highest BCUT2D eigenvalue weighted by Crippen LogP contribution is 2.44. The second-order valence-electron chi connectivity index (χ2n) is 6.37. The summed E-state index contributed by atoms with van der Waals surface area (Å²) in [7, 11) is 0. The molecule has 1 saturated carbocycles. The summed E-state index contributed by atoms with van der Waals surface area (Å²) in [5.74, 6) is -0.666. The smallest absolute Gasteiger partial charge is 0.307 e. The van der Waals surface area contributed by atoms with Crippen molar-refractivity contribution in [3.63, 3.8) is 0 Å². The minimum absolute atomic E-state index is 0.0722. The van der Waals surface area contributed by atoms with Crippen molar-refractivity contribution in [3.8, 4) is 0 Å². The van der Waals surface area contributed by atoms with E-state index < -0.39 is 5.60 Å². The molecular formula is C17H22N2O3. The second kappa shape index (κ2) is 6.07. The average molecular weight is 302 g/mol. The van der Waals surface area contributed by atoms with Gasteiger partial charge < -0.3 is 10.1 Å². The third-order valence-electron chi connectivity index (χ3n) is 4.90. The lowest BCUT2D eigenvalue weighted by atomic mass is 9.75. The molecule has 0 bridgehead atoms. The highest BCUT2D eigenvalue weighted by atomic mass is 16.6. The molecule has 1 aliphatic heterocycles. The van der Waals surface area contributed by atoms with Gasteiger partial charge >= 0.3 is 5.97 Å². The van der Waals surface area contributed by atoms with Gasteiger partial charge in [-0.15, -0.1) is 0 Å². The fourth-order valence-corrected chi connectivity index (χ4v) is 3.67. The Morgan fingerprint density at radius 2 is 2.00 bits per heavy atom. The molecule has 2 fully saturated rings. The van der Waals surface area contributed by atoms with E-state index in [0.717, 1.165) is 37.7 Å². The molecule has 5 nitrogen and oxygen atoms in total. The van der Waals surface area contributed by atoms with Crippen LogP contribution in [0.4, 0.5) is 0 Å². The van der Waals surface area contributed by atoms with Gasteiger partial charge in [0, 0.05) is 12.4 Å². The van der Waals surface area contributed by atoms with Gasteiger partial charge in [-0.1, -0.05) is 6.42 Å². The molecule has 22 heavy (non-hydrogen) atoms. The molecule has 0 aromatic carbocycles. The molecule has 1 aliphatic carbocycles. The number of rotatable bonds is 3. The minimum Gasteiger partial charge on any atom is -0.458 e. The van der Waals surface area contributed by atoms with Gasteiger partial charge in [0.15, 0.2) is 0 Å².